The highest BCUT2D eigenvalue weighted by Crippen LogP contribution is 2.41. The van der Waals surface area contributed by atoms with Crippen molar-refractivity contribution in [2.24, 2.45) is 5.92 Å². The van der Waals surface area contributed by atoms with E-state index in [0.717, 1.165) is 41.6 Å². The molecule has 2 fully saturated rings. The molecule has 1 unspecified atom stereocenters. The number of carbonyl (C=O) groups is 1. The summed E-state index contributed by atoms with van der Waals surface area (Å²) in [5.41, 5.74) is 0.862. The topological polar surface area (TPSA) is 26.3 Å². The first kappa shape index (κ1) is 14.1. The third-order valence-corrected chi connectivity index (χ3v) is 6.61. The number of hydrogen-bond acceptors (Lipinski definition) is 4. The second kappa shape index (κ2) is 5.88. The van der Waals surface area contributed by atoms with Crippen LogP contribution in [0.1, 0.15) is 36.0 Å². The van der Waals surface area contributed by atoms with Crippen LogP contribution in [0.4, 0.5) is 0 Å². The van der Waals surface area contributed by atoms with Gasteiger partial charge in [0.15, 0.2) is 5.78 Å². The Morgan fingerprint density at radius 1 is 1.42 bits per heavy atom. The van der Waals surface area contributed by atoms with E-state index in [9.17, 15) is 4.79 Å². The predicted octanol–water partition coefficient (Wildman–Crippen LogP) is 4.39. The van der Waals surface area contributed by atoms with Gasteiger partial charge in [0.1, 0.15) is 0 Å². The van der Waals surface area contributed by atoms with E-state index in [-0.39, 0.29) is 11.5 Å². The Labute approximate surface area is 130 Å². The van der Waals surface area contributed by atoms with E-state index in [1.54, 1.807) is 11.3 Å². The van der Waals surface area contributed by atoms with Crippen molar-refractivity contribution in [1.29, 1.82) is 0 Å². The maximum Gasteiger partial charge on any atom is 0.167 e. The Hall–Kier alpha value is 0.160. The molecule has 3 rings (SSSR count). The standard InChI is InChI=1S/C14H17BrO2S2/c15-12-7-11(9-19-12)13(16)10-1-4-17-14(8-10)2-5-18-6-3-14/h7,9-10H,1-6,8H2. The van der Waals surface area contributed by atoms with Crippen molar-refractivity contribution in [2.75, 3.05) is 18.1 Å². The van der Waals surface area contributed by atoms with Crippen molar-refractivity contribution < 1.29 is 9.53 Å². The number of thiophene rings is 1. The quantitative estimate of drug-likeness (QED) is 0.731. The third kappa shape index (κ3) is 3.09. The Balaban J connectivity index is 1.72. The van der Waals surface area contributed by atoms with Crippen LogP contribution >= 0.6 is 39.0 Å². The second-order valence-electron chi connectivity index (χ2n) is 5.34. The number of halogens is 1. The van der Waals surface area contributed by atoms with E-state index in [1.165, 1.54) is 11.5 Å². The summed E-state index contributed by atoms with van der Waals surface area (Å²) < 4.78 is 7.09. The van der Waals surface area contributed by atoms with Gasteiger partial charge in [0, 0.05) is 23.5 Å². The Morgan fingerprint density at radius 3 is 2.89 bits per heavy atom. The Bertz CT molecular complexity index is 460. The smallest absolute Gasteiger partial charge is 0.167 e. The molecule has 19 heavy (non-hydrogen) atoms. The maximum absolute atomic E-state index is 12.6. The van der Waals surface area contributed by atoms with E-state index in [4.69, 9.17) is 4.74 Å². The minimum atomic E-state index is -0.00290. The maximum atomic E-state index is 12.6. The van der Waals surface area contributed by atoms with Gasteiger partial charge in [-0.2, -0.15) is 11.8 Å². The van der Waals surface area contributed by atoms with Crippen molar-refractivity contribution in [3.8, 4) is 0 Å². The fourth-order valence-corrected chi connectivity index (χ4v) is 5.40. The van der Waals surface area contributed by atoms with Crippen LogP contribution in [0.3, 0.4) is 0 Å². The highest BCUT2D eigenvalue weighted by molar-refractivity contribution is 9.11. The lowest BCUT2D eigenvalue weighted by Gasteiger charge is -2.42. The van der Waals surface area contributed by atoms with Gasteiger partial charge in [0.2, 0.25) is 0 Å². The van der Waals surface area contributed by atoms with Crippen LogP contribution in [0.25, 0.3) is 0 Å². The van der Waals surface area contributed by atoms with Crippen molar-refractivity contribution in [1.82, 2.24) is 0 Å². The highest BCUT2D eigenvalue weighted by atomic mass is 79.9. The molecule has 0 amide bonds. The van der Waals surface area contributed by atoms with Crippen LogP contribution in [0.15, 0.2) is 15.2 Å². The molecule has 0 bridgehead atoms. The molecule has 1 aromatic heterocycles. The van der Waals surface area contributed by atoms with Crippen LogP contribution in [0, 0.1) is 5.92 Å². The van der Waals surface area contributed by atoms with Gasteiger partial charge < -0.3 is 4.74 Å². The second-order valence-corrected chi connectivity index (χ2v) is 8.85. The van der Waals surface area contributed by atoms with Gasteiger partial charge in [-0.3, -0.25) is 4.79 Å². The fraction of sp³-hybridized carbons (Fsp3) is 0.643. The molecule has 0 N–H and O–H groups in total. The molecular weight excluding hydrogens is 344 g/mol. The number of carbonyl (C=O) groups excluding carboxylic acids is 1. The van der Waals surface area contributed by atoms with Crippen LogP contribution in [-0.4, -0.2) is 29.5 Å². The summed E-state index contributed by atoms with van der Waals surface area (Å²) in [5, 5.41) is 1.96. The fourth-order valence-electron chi connectivity index (χ4n) is 3.02. The van der Waals surface area contributed by atoms with Crippen LogP contribution in [0.2, 0.25) is 0 Å². The van der Waals surface area contributed by atoms with Crippen LogP contribution in [0.5, 0.6) is 0 Å². The molecule has 0 aromatic carbocycles. The number of ether oxygens (including phenoxy) is 1. The van der Waals surface area contributed by atoms with Gasteiger partial charge in [0.25, 0.3) is 0 Å². The van der Waals surface area contributed by atoms with Crippen molar-refractivity contribution in [3.63, 3.8) is 0 Å². The first-order valence-corrected chi connectivity index (χ1v) is 9.51. The van der Waals surface area contributed by atoms with Gasteiger partial charge >= 0.3 is 0 Å². The number of rotatable bonds is 2. The van der Waals surface area contributed by atoms with Gasteiger partial charge in [-0.05, 0) is 59.2 Å². The molecule has 2 aliphatic rings. The third-order valence-electron chi connectivity index (χ3n) is 4.12. The minimum absolute atomic E-state index is 0.00290. The van der Waals surface area contributed by atoms with Gasteiger partial charge in [-0.15, -0.1) is 11.3 Å². The normalized spacial score (nSPS) is 26.5. The van der Waals surface area contributed by atoms with E-state index in [2.05, 4.69) is 15.9 Å². The number of ketones is 1. The average Bonchev–Trinajstić information content (AvgIpc) is 2.85. The molecule has 0 aliphatic carbocycles. The van der Waals surface area contributed by atoms with E-state index in [0.29, 0.717) is 5.78 Å². The van der Waals surface area contributed by atoms with Crippen molar-refractivity contribution >= 4 is 44.8 Å². The first-order valence-electron chi connectivity index (χ1n) is 6.68. The lowest BCUT2D eigenvalue weighted by Crippen LogP contribution is -2.44. The summed E-state index contributed by atoms with van der Waals surface area (Å²) in [6, 6.07) is 1.95. The summed E-state index contributed by atoms with van der Waals surface area (Å²) in [5.74, 6) is 2.80. The average molecular weight is 361 g/mol. The summed E-state index contributed by atoms with van der Waals surface area (Å²) >= 11 is 7.02. The molecule has 0 radical (unpaired) electrons. The van der Waals surface area contributed by atoms with Crippen LogP contribution in [-0.2, 0) is 4.74 Å². The summed E-state index contributed by atoms with van der Waals surface area (Å²) in [4.78, 5) is 12.6. The lowest BCUT2D eigenvalue weighted by atomic mass is 9.79. The monoisotopic (exact) mass is 360 g/mol. The van der Waals surface area contributed by atoms with Gasteiger partial charge in [-0.25, -0.2) is 0 Å². The van der Waals surface area contributed by atoms with E-state index < -0.39 is 0 Å². The highest BCUT2D eigenvalue weighted by Gasteiger charge is 2.41. The van der Waals surface area contributed by atoms with Crippen LogP contribution < -0.4 is 0 Å². The lowest BCUT2D eigenvalue weighted by molar-refractivity contribution is -0.0959. The molecule has 1 spiro atoms. The molecule has 0 saturated carbocycles. The van der Waals surface area contributed by atoms with Gasteiger partial charge in [0.05, 0.1) is 9.39 Å². The summed E-state index contributed by atoms with van der Waals surface area (Å²) in [6.45, 7) is 0.742. The Morgan fingerprint density at radius 2 is 2.21 bits per heavy atom. The Kier molecular flexibility index (Phi) is 4.37. The molecule has 5 heteroatoms. The SMILES string of the molecule is O=C(c1csc(Br)c1)C1CCOC2(CCSCC2)C1. The van der Waals surface area contributed by atoms with Gasteiger partial charge in [-0.1, -0.05) is 0 Å². The zero-order valence-electron chi connectivity index (χ0n) is 10.7. The van der Waals surface area contributed by atoms with E-state index >= 15 is 0 Å². The molecule has 3 heterocycles. The zero-order valence-corrected chi connectivity index (χ0v) is 13.9. The van der Waals surface area contributed by atoms with E-state index in [1.807, 2.05) is 23.2 Å². The minimum Gasteiger partial charge on any atom is -0.375 e. The first-order chi connectivity index (χ1) is 9.19. The predicted molar refractivity (Wildman–Crippen MR) is 84.3 cm³/mol. The molecule has 2 saturated heterocycles. The molecule has 2 nitrogen and oxygen atoms in total. The largest absolute Gasteiger partial charge is 0.375 e. The molecule has 2 aliphatic heterocycles. The van der Waals surface area contributed by atoms with Crippen molar-refractivity contribution in [3.05, 3.63) is 20.8 Å². The summed E-state index contributed by atoms with van der Waals surface area (Å²) in [7, 11) is 0. The van der Waals surface area contributed by atoms with Crippen molar-refractivity contribution in [2.45, 2.75) is 31.3 Å². The molecule has 1 aromatic rings. The summed E-state index contributed by atoms with van der Waals surface area (Å²) in [6.07, 6.45) is 4.00. The number of hydrogen-bond donors (Lipinski definition) is 0. The molecular formula is C14H17BrO2S2. The number of Topliss-reactive ketones (excluding diaryl/α,β-unsaturated/α-hetero) is 1. The number of thioether (sulfide) groups is 1. The molecule has 104 valence electrons. The zero-order chi connectivity index (χ0) is 13.3. The molecule has 1 atom stereocenters.